The summed E-state index contributed by atoms with van der Waals surface area (Å²) in [5, 5.41) is 17.0. The van der Waals surface area contributed by atoms with Crippen molar-refractivity contribution in [2.75, 3.05) is 6.54 Å². The highest BCUT2D eigenvalue weighted by Crippen LogP contribution is 2.34. The van der Waals surface area contributed by atoms with Crippen LogP contribution in [0.3, 0.4) is 0 Å². The third kappa shape index (κ3) is 4.13. The van der Waals surface area contributed by atoms with Gasteiger partial charge in [-0.05, 0) is 18.4 Å². The van der Waals surface area contributed by atoms with Crippen LogP contribution in [0.5, 0.6) is 5.88 Å². The largest absolute Gasteiger partial charge is 0.492 e. The lowest BCUT2D eigenvalue weighted by molar-refractivity contribution is 0.139. The topological polar surface area (TPSA) is 115 Å². The van der Waals surface area contributed by atoms with E-state index >= 15 is 0 Å². The lowest BCUT2D eigenvalue weighted by Gasteiger charge is -2.11. The Labute approximate surface area is 165 Å². The van der Waals surface area contributed by atoms with Gasteiger partial charge in [-0.25, -0.2) is 9.48 Å². The molecule has 1 aromatic carbocycles. The second-order valence-corrected chi connectivity index (χ2v) is 6.92. The van der Waals surface area contributed by atoms with Gasteiger partial charge in [-0.2, -0.15) is 0 Å². The van der Waals surface area contributed by atoms with Crippen LogP contribution in [-0.4, -0.2) is 32.1 Å². The number of hydrogen-bond donors (Lipinski definition) is 2. The van der Waals surface area contributed by atoms with Gasteiger partial charge in [0.1, 0.15) is 6.61 Å². The highest BCUT2D eigenvalue weighted by atomic mass is 16.5. The normalized spacial score (nSPS) is 13.4. The maximum Gasteiger partial charge on any atom is 0.407 e. The number of amides is 1. The predicted molar refractivity (Wildman–Crippen MR) is 105 cm³/mol. The number of nitrogens with one attached hydrogen (secondary N) is 1. The first-order chi connectivity index (χ1) is 14.0. The Hall–Kier alpha value is -3.62. The standard InChI is InChI=1S/C20H20N4O5/c25-17-10-15-16(11-23(17)14-6-7-14)18(26)22-24(19(15)27)9-8-21-20(28)29-12-13-4-2-1-3-5-13/h1-5,10-11,14H,6-9,12H2,(H,21,28)(H,22,26). The van der Waals surface area contributed by atoms with E-state index in [1.807, 2.05) is 30.3 Å². The van der Waals surface area contributed by atoms with E-state index in [1.165, 1.54) is 16.8 Å². The Morgan fingerprint density at radius 3 is 2.69 bits per heavy atom. The molecule has 0 bridgehead atoms. The van der Waals surface area contributed by atoms with Crippen LogP contribution in [0.2, 0.25) is 0 Å². The summed E-state index contributed by atoms with van der Waals surface area (Å²) >= 11 is 0. The average molecular weight is 396 g/mol. The van der Waals surface area contributed by atoms with Crippen molar-refractivity contribution < 1.29 is 14.6 Å². The molecule has 9 nitrogen and oxygen atoms in total. The molecular weight excluding hydrogens is 376 g/mol. The van der Waals surface area contributed by atoms with Gasteiger partial charge < -0.3 is 19.7 Å². The molecule has 1 aliphatic carbocycles. The minimum atomic E-state index is -0.626. The van der Waals surface area contributed by atoms with Crippen LogP contribution in [0.25, 0.3) is 10.8 Å². The number of carbonyl (C=O) groups excluding carboxylic acids is 1. The van der Waals surface area contributed by atoms with Crippen molar-refractivity contribution in [3.63, 3.8) is 0 Å². The summed E-state index contributed by atoms with van der Waals surface area (Å²) in [4.78, 5) is 36.6. The summed E-state index contributed by atoms with van der Waals surface area (Å²) in [6, 6.07) is 10.6. The Balaban J connectivity index is 1.42. The fourth-order valence-corrected chi connectivity index (χ4v) is 3.08. The quantitative estimate of drug-likeness (QED) is 0.653. The minimum Gasteiger partial charge on any atom is -0.492 e. The van der Waals surface area contributed by atoms with E-state index in [0.29, 0.717) is 0 Å². The fraction of sp³-hybridized carbons (Fsp3) is 0.300. The van der Waals surface area contributed by atoms with Crippen LogP contribution >= 0.6 is 0 Å². The molecule has 1 saturated carbocycles. The van der Waals surface area contributed by atoms with Gasteiger partial charge in [0.15, 0.2) is 0 Å². The number of fused-ring (bicyclic) bond motifs is 1. The van der Waals surface area contributed by atoms with E-state index in [-0.39, 0.29) is 47.9 Å². The summed E-state index contributed by atoms with van der Waals surface area (Å²) in [6.45, 7) is 0.230. The molecule has 0 saturated heterocycles. The molecule has 0 unspecified atom stereocenters. The first-order valence-electron chi connectivity index (χ1n) is 9.33. The van der Waals surface area contributed by atoms with Crippen molar-refractivity contribution in [2.24, 2.45) is 0 Å². The summed E-state index contributed by atoms with van der Waals surface area (Å²) in [5.41, 5.74) is 0.0750. The molecule has 0 atom stereocenters. The zero-order valence-corrected chi connectivity index (χ0v) is 15.6. The molecule has 2 aromatic heterocycles. The molecular formula is C20H20N4O5. The third-order valence-corrected chi connectivity index (χ3v) is 4.75. The summed E-state index contributed by atoms with van der Waals surface area (Å²) in [5.74, 6) is -0.333. The molecule has 4 rings (SSSR count). The second-order valence-electron chi connectivity index (χ2n) is 6.92. The number of hydrogen-bond acceptors (Lipinski definition) is 6. The Bertz CT molecular complexity index is 1170. The first-order valence-corrected chi connectivity index (χ1v) is 9.33. The lowest BCUT2D eigenvalue weighted by atomic mass is 10.2. The van der Waals surface area contributed by atoms with Gasteiger partial charge in [0.2, 0.25) is 5.88 Å². The molecule has 0 radical (unpaired) electrons. The Kier molecular flexibility index (Phi) is 5.03. The van der Waals surface area contributed by atoms with Gasteiger partial charge in [-0.15, -0.1) is 5.10 Å². The zero-order valence-electron chi connectivity index (χ0n) is 15.6. The van der Waals surface area contributed by atoms with Gasteiger partial charge in [0.05, 0.1) is 17.3 Å². The number of aromatic hydroxyl groups is 1. The zero-order chi connectivity index (χ0) is 20.4. The number of pyridine rings is 1. The lowest BCUT2D eigenvalue weighted by Crippen LogP contribution is -2.33. The SMILES string of the molecule is O=C(NCCn1nc(O)c2cn(C3CC3)c(=O)cc2c1=O)OCc1ccccc1. The molecule has 9 heteroatoms. The average Bonchev–Trinajstić information content (AvgIpc) is 3.56. The Morgan fingerprint density at radius 1 is 1.21 bits per heavy atom. The molecule has 0 aliphatic heterocycles. The monoisotopic (exact) mass is 396 g/mol. The van der Waals surface area contributed by atoms with Crippen molar-refractivity contribution in [3.05, 3.63) is 68.9 Å². The molecule has 1 amide bonds. The number of aromatic nitrogens is 3. The molecule has 0 spiro atoms. The van der Waals surface area contributed by atoms with Gasteiger partial charge in [-0.1, -0.05) is 30.3 Å². The number of carbonyl (C=O) groups is 1. The second kappa shape index (κ2) is 7.78. The molecule has 1 aliphatic rings. The summed E-state index contributed by atoms with van der Waals surface area (Å²) < 4.78 is 7.65. The van der Waals surface area contributed by atoms with E-state index in [2.05, 4.69) is 10.4 Å². The van der Waals surface area contributed by atoms with E-state index < -0.39 is 11.7 Å². The maximum atomic E-state index is 12.6. The number of alkyl carbamates (subject to hydrolysis) is 1. The summed E-state index contributed by atoms with van der Waals surface area (Å²) in [6.07, 6.45) is 2.67. The van der Waals surface area contributed by atoms with E-state index in [4.69, 9.17) is 4.74 Å². The van der Waals surface area contributed by atoms with Crippen molar-refractivity contribution >= 4 is 16.9 Å². The molecule has 150 valence electrons. The molecule has 3 aromatic rings. The van der Waals surface area contributed by atoms with Crippen molar-refractivity contribution in [1.82, 2.24) is 19.7 Å². The van der Waals surface area contributed by atoms with Crippen molar-refractivity contribution in [1.29, 1.82) is 0 Å². The minimum absolute atomic E-state index is 0.0223. The van der Waals surface area contributed by atoms with Crippen LogP contribution in [-0.2, 0) is 17.9 Å². The number of rotatable bonds is 6. The van der Waals surface area contributed by atoms with Crippen LogP contribution in [0.15, 0.2) is 52.2 Å². The van der Waals surface area contributed by atoms with E-state index in [9.17, 15) is 19.5 Å². The highest BCUT2D eigenvalue weighted by molar-refractivity contribution is 5.84. The number of nitrogens with zero attached hydrogens (tertiary/aromatic N) is 3. The fourth-order valence-electron chi connectivity index (χ4n) is 3.08. The van der Waals surface area contributed by atoms with Crippen LogP contribution in [0.1, 0.15) is 24.4 Å². The smallest absolute Gasteiger partial charge is 0.407 e. The molecule has 2 heterocycles. The van der Waals surface area contributed by atoms with Gasteiger partial charge >= 0.3 is 6.09 Å². The van der Waals surface area contributed by atoms with Crippen molar-refractivity contribution in [2.45, 2.75) is 32.0 Å². The van der Waals surface area contributed by atoms with Crippen LogP contribution in [0.4, 0.5) is 4.79 Å². The molecule has 2 N–H and O–H groups in total. The Morgan fingerprint density at radius 2 is 1.97 bits per heavy atom. The van der Waals surface area contributed by atoms with E-state index in [0.717, 1.165) is 23.1 Å². The third-order valence-electron chi connectivity index (χ3n) is 4.75. The molecule has 1 fully saturated rings. The summed E-state index contributed by atoms with van der Waals surface area (Å²) in [7, 11) is 0. The van der Waals surface area contributed by atoms with Gasteiger partial charge in [-0.3, -0.25) is 9.59 Å². The number of benzene rings is 1. The molecule has 29 heavy (non-hydrogen) atoms. The van der Waals surface area contributed by atoms with Gasteiger partial charge in [0, 0.05) is 24.8 Å². The maximum absolute atomic E-state index is 12.6. The van der Waals surface area contributed by atoms with Crippen molar-refractivity contribution in [3.8, 4) is 5.88 Å². The number of ether oxygens (including phenoxy) is 1. The van der Waals surface area contributed by atoms with Crippen LogP contribution < -0.4 is 16.4 Å². The van der Waals surface area contributed by atoms with Gasteiger partial charge in [0.25, 0.3) is 11.1 Å². The predicted octanol–water partition coefficient (Wildman–Crippen LogP) is 1.53. The highest BCUT2D eigenvalue weighted by Gasteiger charge is 2.25. The van der Waals surface area contributed by atoms with E-state index in [1.54, 1.807) is 0 Å². The first kappa shape index (κ1) is 18.7. The van der Waals surface area contributed by atoms with Crippen LogP contribution in [0, 0.1) is 0 Å².